The van der Waals surface area contributed by atoms with E-state index in [0.29, 0.717) is 4.83 Å². The Morgan fingerprint density at radius 2 is 1.77 bits per heavy atom. The Kier molecular flexibility index (Phi) is 10.5. The van der Waals surface area contributed by atoms with E-state index in [4.69, 9.17) is 0 Å². The normalized spacial score (nSPS) is 13.8. The third-order valence-electron chi connectivity index (χ3n) is 2.15. The van der Waals surface area contributed by atoms with Crippen LogP contribution in [0.3, 0.4) is 0 Å². The molecule has 1 unspecified atom stereocenters. The molecule has 0 aliphatic rings. The van der Waals surface area contributed by atoms with Crippen molar-refractivity contribution in [3.63, 3.8) is 0 Å². The first-order chi connectivity index (χ1) is 6.31. The van der Waals surface area contributed by atoms with Gasteiger partial charge >= 0.3 is 0 Å². The van der Waals surface area contributed by atoms with Gasteiger partial charge in [-0.2, -0.15) is 0 Å². The third kappa shape index (κ3) is 10.1. The average molecular weight is 247 g/mol. The fraction of sp³-hybridized carbons (Fsp3) is 0.833. The van der Waals surface area contributed by atoms with Crippen LogP contribution >= 0.6 is 15.9 Å². The van der Waals surface area contributed by atoms with E-state index in [2.05, 4.69) is 41.9 Å². The Morgan fingerprint density at radius 3 is 2.38 bits per heavy atom. The number of rotatable bonds is 8. The maximum Gasteiger partial charge on any atom is 0.0325 e. The van der Waals surface area contributed by atoms with Gasteiger partial charge in [0.25, 0.3) is 0 Å². The molecule has 0 amide bonds. The quantitative estimate of drug-likeness (QED) is 0.319. The lowest BCUT2D eigenvalue weighted by Crippen LogP contribution is -1.91. The highest BCUT2D eigenvalue weighted by Crippen LogP contribution is 2.12. The Bertz CT molecular complexity index is 118. The number of hydrogen-bond donors (Lipinski definition) is 0. The van der Waals surface area contributed by atoms with Crippen molar-refractivity contribution in [2.45, 2.75) is 63.6 Å². The molecule has 13 heavy (non-hydrogen) atoms. The molecule has 78 valence electrons. The van der Waals surface area contributed by atoms with Crippen molar-refractivity contribution < 1.29 is 0 Å². The second-order valence-corrected chi connectivity index (χ2v) is 4.76. The molecule has 0 aromatic carbocycles. The first-order valence-corrected chi connectivity index (χ1v) is 6.53. The van der Waals surface area contributed by atoms with Gasteiger partial charge in [0.2, 0.25) is 0 Å². The SMILES string of the molecule is CCCCCC=CC(Br)CCCC. The summed E-state index contributed by atoms with van der Waals surface area (Å²) in [5, 5.41) is 0. The average Bonchev–Trinajstić information content (AvgIpc) is 2.14. The summed E-state index contributed by atoms with van der Waals surface area (Å²) < 4.78 is 0. The molecule has 0 aliphatic heterocycles. The van der Waals surface area contributed by atoms with E-state index in [1.807, 2.05) is 0 Å². The molecule has 0 fully saturated rings. The minimum absolute atomic E-state index is 0.606. The van der Waals surface area contributed by atoms with Gasteiger partial charge in [0, 0.05) is 4.83 Å². The van der Waals surface area contributed by atoms with Crippen LogP contribution < -0.4 is 0 Å². The molecule has 0 heterocycles. The first kappa shape index (κ1) is 13.2. The summed E-state index contributed by atoms with van der Waals surface area (Å²) in [6.07, 6.45) is 13.8. The lowest BCUT2D eigenvalue weighted by atomic mass is 10.1. The van der Waals surface area contributed by atoms with Crippen molar-refractivity contribution in [3.8, 4) is 0 Å². The molecule has 0 aliphatic carbocycles. The fourth-order valence-corrected chi connectivity index (χ4v) is 1.79. The molecule has 0 aromatic heterocycles. The van der Waals surface area contributed by atoms with Gasteiger partial charge in [0.1, 0.15) is 0 Å². The second kappa shape index (κ2) is 10.3. The molecule has 0 spiro atoms. The minimum Gasteiger partial charge on any atom is -0.0874 e. The van der Waals surface area contributed by atoms with Crippen LogP contribution in [0.5, 0.6) is 0 Å². The topological polar surface area (TPSA) is 0 Å². The molecule has 0 N–H and O–H groups in total. The Morgan fingerprint density at radius 1 is 1.08 bits per heavy atom. The Labute approximate surface area is 91.9 Å². The van der Waals surface area contributed by atoms with Crippen molar-refractivity contribution in [2.75, 3.05) is 0 Å². The Hall–Kier alpha value is 0.220. The predicted molar refractivity (Wildman–Crippen MR) is 65.5 cm³/mol. The van der Waals surface area contributed by atoms with Crippen molar-refractivity contribution in [2.24, 2.45) is 0 Å². The van der Waals surface area contributed by atoms with Gasteiger partial charge < -0.3 is 0 Å². The zero-order valence-corrected chi connectivity index (χ0v) is 10.6. The molecule has 0 aromatic rings. The van der Waals surface area contributed by atoms with Crippen molar-refractivity contribution in [1.82, 2.24) is 0 Å². The maximum atomic E-state index is 3.66. The summed E-state index contributed by atoms with van der Waals surface area (Å²) in [5.41, 5.74) is 0. The van der Waals surface area contributed by atoms with E-state index in [-0.39, 0.29) is 0 Å². The van der Waals surface area contributed by atoms with E-state index >= 15 is 0 Å². The zero-order valence-electron chi connectivity index (χ0n) is 9.06. The van der Waals surface area contributed by atoms with Crippen LogP contribution in [0.15, 0.2) is 12.2 Å². The van der Waals surface area contributed by atoms with E-state index in [9.17, 15) is 0 Å². The van der Waals surface area contributed by atoms with Crippen LogP contribution in [0.1, 0.15) is 58.8 Å². The Balaban J connectivity index is 3.25. The minimum atomic E-state index is 0.606. The summed E-state index contributed by atoms with van der Waals surface area (Å²) in [4.78, 5) is 0.606. The van der Waals surface area contributed by atoms with E-state index in [0.717, 1.165) is 0 Å². The number of halogens is 1. The van der Waals surface area contributed by atoms with Crippen molar-refractivity contribution in [3.05, 3.63) is 12.2 Å². The number of alkyl halides is 1. The van der Waals surface area contributed by atoms with Crippen LogP contribution in [0.2, 0.25) is 0 Å². The maximum absolute atomic E-state index is 3.66. The standard InChI is InChI=1S/C12H23Br/c1-3-5-7-8-9-11-12(13)10-6-4-2/h9,11-12H,3-8,10H2,1-2H3. The van der Waals surface area contributed by atoms with E-state index in [1.54, 1.807) is 0 Å². The lowest BCUT2D eigenvalue weighted by molar-refractivity contribution is 0.721. The summed E-state index contributed by atoms with van der Waals surface area (Å²) in [7, 11) is 0. The highest BCUT2D eigenvalue weighted by Gasteiger charge is 1.96. The predicted octanol–water partition coefficient (Wildman–Crippen LogP) is 5.08. The molecule has 0 radical (unpaired) electrons. The monoisotopic (exact) mass is 246 g/mol. The summed E-state index contributed by atoms with van der Waals surface area (Å²) in [6.45, 7) is 4.49. The smallest absolute Gasteiger partial charge is 0.0325 e. The van der Waals surface area contributed by atoms with Crippen LogP contribution in [0, 0.1) is 0 Å². The first-order valence-electron chi connectivity index (χ1n) is 5.62. The van der Waals surface area contributed by atoms with Gasteiger partial charge in [0.15, 0.2) is 0 Å². The summed E-state index contributed by atoms with van der Waals surface area (Å²) in [6, 6.07) is 0. The van der Waals surface area contributed by atoms with Crippen LogP contribution in [0.4, 0.5) is 0 Å². The number of allylic oxidation sites excluding steroid dienone is 2. The molecule has 0 saturated carbocycles. The summed E-state index contributed by atoms with van der Waals surface area (Å²) >= 11 is 3.66. The highest BCUT2D eigenvalue weighted by atomic mass is 79.9. The lowest BCUT2D eigenvalue weighted by Gasteiger charge is -2.01. The highest BCUT2D eigenvalue weighted by molar-refractivity contribution is 9.09. The molecular formula is C12H23Br. The van der Waals surface area contributed by atoms with Gasteiger partial charge in [-0.1, -0.05) is 67.6 Å². The summed E-state index contributed by atoms with van der Waals surface area (Å²) in [5.74, 6) is 0. The molecule has 0 saturated heterocycles. The van der Waals surface area contributed by atoms with Crippen molar-refractivity contribution >= 4 is 15.9 Å². The van der Waals surface area contributed by atoms with Gasteiger partial charge in [0.05, 0.1) is 0 Å². The van der Waals surface area contributed by atoms with Crippen molar-refractivity contribution in [1.29, 1.82) is 0 Å². The number of unbranched alkanes of at least 4 members (excludes halogenated alkanes) is 4. The zero-order chi connectivity index (χ0) is 9.94. The van der Waals surface area contributed by atoms with Crippen LogP contribution in [-0.4, -0.2) is 4.83 Å². The largest absolute Gasteiger partial charge is 0.0874 e. The molecule has 0 nitrogen and oxygen atoms in total. The molecule has 0 rings (SSSR count). The molecule has 1 heteroatoms. The van der Waals surface area contributed by atoms with E-state index < -0.39 is 0 Å². The van der Waals surface area contributed by atoms with Gasteiger partial charge in [-0.3, -0.25) is 0 Å². The second-order valence-electron chi connectivity index (χ2n) is 3.58. The molecular weight excluding hydrogens is 224 g/mol. The van der Waals surface area contributed by atoms with Gasteiger partial charge in [-0.05, 0) is 19.3 Å². The fourth-order valence-electron chi connectivity index (χ4n) is 1.25. The van der Waals surface area contributed by atoms with Gasteiger partial charge in [-0.15, -0.1) is 0 Å². The third-order valence-corrected chi connectivity index (χ3v) is 2.92. The number of hydrogen-bond acceptors (Lipinski definition) is 0. The molecule has 1 atom stereocenters. The molecule has 0 bridgehead atoms. The van der Waals surface area contributed by atoms with E-state index in [1.165, 1.54) is 44.9 Å². The van der Waals surface area contributed by atoms with Gasteiger partial charge in [-0.25, -0.2) is 0 Å². The van der Waals surface area contributed by atoms with Crippen LogP contribution in [-0.2, 0) is 0 Å². The van der Waals surface area contributed by atoms with Crippen LogP contribution in [0.25, 0.3) is 0 Å².